The molecule has 4 heteroatoms. The lowest BCUT2D eigenvalue weighted by Crippen LogP contribution is -2.36. The van der Waals surface area contributed by atoms with Gasteiger partial charge in [0.1, 0.15) is 5.75 Å². The number of nitrogens with one attached hydrogen (secondary N) is 1. The molecule has 0 aliphatic rings. The number of methoxy groups -OCH3 is 1. The molecule has 1 unspecified atom stereocenters. The van der Waals surface area contributed by atoms with Gasteiger partial charge in [0, 0.05) is 12.6 Å². The molecule has 0 aromatic heterocycles. The van der Waals surface area contributed by atoms with Crippen LogP contribution in [0, 0.1) is 0 Å². The van der Waals surface area contributed by atoms with E-state index in [1.54, 1.807) is 7.11 Å². The average Bonchev–Trinajstić information content (AvgIpc) is 2.44. The van der Waals surface area contributed by atoms with Crippen molar-refractivity contribution in [2.75, 3.05) is 27.2 Å². The minimum atomic E-state index is 0.0738. The van der Waals surface area contributed by atoms with Crippen LogP contribution in [0.4, 0.5) is 0 Å². The van der Waals surface area contributed by atoms with Crippen molar-refractivity contribution < 1.29 is 9.53 Å². The highest BCUT2D eigenvalue weighted by molar-refractivity contribution is 5.77. The number of carbonyl (C=O) groups excluding carboxylic acids is 1. The molecule has 1 rings (SSSR count). The van der Waals surface area contributed by atoms with Crippen LogP contribution in [0.25, 0.3) is 0 Å². The van der Waals surface area contributed by atoms with Crippen LogP contribution >= 0.6 is 0 Å². The van der Waals surface area contributed by atoms with Gasteiger partial charge in [0.05, 0.1) is 13.7 Å². The van der Waals surface area contributed by atoms with E-state index < -0.39 is 0 Å². The van der Waals surface area contributed by atoms with E-state index in [9.17, 15) is 4.79 Å². The van der Waals surface area contributed by atoms with E-state index in [-0.39, 0.29) is 11.9 Å². The van der Waals surface area contributed by atoms with Crippen LogP contribution in [-0.4, -0.2) is 38.1 Å². The smallest absolute Gasteiger partial charge is 0.234 e. The van der Waals surface area contributed by atoms with Crippen molar-refractivity contribution in [2.45, 2.75) is 26.3 Å². The highest BCUT2D eigenvalue weighted by atomic mass is 16.5. The first-order valence-corrected chi connectivity index (χ1v) is 6.69. The molecule has 106 valence electrons. The molecule has 0 spiro atoms. The fraction of sp³-hybridized carbons (Fsp3) is 0.533. The fourth-order valence-electron chi connectivity index (χ4n) is 1.82. The topological polar surface area (TPSA) is 41.6 Å². The van der Waals surface area contributed by atoms with Crippen LogP contribution in [-0.2, 0) is 4.79 Å². The van der Waals surface area contributed by atoms with Crippen molar-refractivity contribution in [3.63, 3.8) is 0 Å². The Kier molecular flexibility index (Phi) is 6.36. The zero-order chi connectivity index (χ0) is 14.3. The van der Waals surface area contributed by atoms with Gasteiger partial charge in [0.2, 0.25) is 5.91 Å². The number of carbonyl (C=O) groups is 1. The number of benzene rings is 1. The molecular weight excluding hydrogens is 240 g/mol. The fourth-order valence-corrected chi connectivity index (χ4v) is 1.82. The van der Waals surface area contributed by atoms with Crippen LogP contribution in [0.5, 0.6) is 5.75 Å². The predicted molar refractivity (Wildman–Crippen MR) is 77.3 cm³/mol. The standard InChI is InChI=1S/C15H24N2O2/c1-5-10-16-15(18)11-17(3)12(2)13-6-8-14(19-4)9-7-13/h6-9,12H,5,10-11H2,1-4H3,(H,16,18). The third-order valence-electron chi connectivity index (χ3n) is 3.22. The molecular formula is C15H24N2O2. The molecule has 0 bridgehead atoms. The summed E-state index contributed by atoms with van der Waals surface area (Å²) < 4.78 is 5.14. The average molecular weight is 264 g/mol. The Balaban J connectivity index is 2.55. The zero-order valence-corrected chi connectivity index (χ0v) is 12.3. The second-order valence-electron chi connectivity index (χ2n) is 4.71. The highest BCUT2D eigenvalue weighted by Gasteiger charge is 2.14. The maximum atomic E-state index is 11.7. The second kappa shape index (κ2) is 7.79. The van der Waals surface area contributed by atoms with Gasteiger partial charge in [0.25, 0.3) is 0 Å². The lowest BCUT2D eigenvalue weighted by molar-refractivity contribution is -0.122. The molecule has 1 aromatic carbocycles. The SMILES string of the molecule is CCCNC(=O)CN(C)C(C)c1ccc(OC)cc1. The van der Waals surface area contributed by atoms with Crippen LogP contribution in [0.1, 0.15) is 31.9 Å². The van der Waals surface area contributed by atoms with Gasteiger partial charge in [-0.05, 0) is 38.1 Å². The summed E-state index contributed by atoms with van der Waals surface area (Å²) in [5.41, 5.74) is 1.17. The van der Waals surface area contributed by atoms with Crippen molar-refractivity contribution in [3.05, 3.63) is 29.8 Å². The third kappa shape index (κ3) is 4.91. The maximum Gasteiger partial charge on any atom is 0.234 e. The largest absolute Gasteiger partial charge is 0.497 e. The first-order chi connectivity index (χ1) is 9.08. The van der Waals surface area contributed by atoms with Gasteiger partial charge in [-0.25, -0.2) is 0 Å². The number of amides is 1. The van der Waals surface area contributed by atoms with Crippen molar-refractivity contribution in [1.29, 1.82) is 0 Å². The van der Waals surface area contributed by atoms with Gasteiger partial charge in [-0.3, -0.25) is 9.69 Å². The molecule has 1 N–H and O–H groups in total. The molecule has 0 radical (unpaired) electrons. The Morgan fingerprint density at radius 2 is 2.00 bits per heavy atom. The second-order valence-corrected chi connectivity index (χ2v) is 4.71. The third-order valence-corrected chi connectivity index (χ3v) is 3.22. The minimum absolute atomic E-state index is 0.0738. The lowest BCUT2D eigenvalue weighted by atomic mass is 10.1. The quantitative estimate of drug-likeness (QED) is 0.821. The minimum Gasteiger partial charge on any atom is -0.497 e. The first kappa shape index (κ1) is 15.5. The summed E-state index contributed by atoms with van der Waals surface area (Å²) in [6, 6.07) is 8.14. The molecule has 1 atom stereocenters. The van der Waals surface area contributed by atoms with Crippen LogP contribution in [0.3, 0.4) is 0 Å². The molecule has 0 saturated heterocycles. The number of likely N-dealkylation sites (N-methyl/N-ethyl adjacent to an activating group) is 1. The summed E-state index contributed by atoms with van der Waals surface area (Å²) in [5.74, 6) is 0.920. The summed E-state index contributed by atoms with van der Waals surface area (Å²) in [6.07, 6.45) is 0.962. The van der Waals surface area contributed by atoms with E-state index in [2.05, 4.69) is 12.2 Å². The van der Waals surface area contributed by atoms with Crippen LogP contribution < -0.4 is 10.1 Å². The van der Waals surface area contributed by atoms with Crippen molar-refractivity contribution >= 4 is 5.91 Å². The summed E-state index contributed by atoms with van der Waals surface area (Å²) in [5, 5.41) is 2.89. The van der Waals surface area contributed by atoms with E-state index in [4.69, 9.17) is 4.74 Å². The molecule has 0 aliphatic carbocycles. The number of hydrogen-bond donors (Lipinski definition) is 1. The molecule has 0 aliphatic heterocycles. The van der Waals surface area contributed by atoms with Gasteiger partial charge >= 0.3 is 0 Å². The monoisotopic (exact) mass is 264 g/mol. The van der Waals surface area contributed by atoms with Crippen LogP contribution in [0.15, 0.2) is 24.3 Å². The van der Waals surface area contributed by atoms with E-state index in [0.717, 1.165) is 18.7 Å². The Morgan fingerprint density at radius 1 is 1.37 bits per heavy atom. The van der Waals surface area contributed by atoms with Gasteiger partial charge in [-0.1, -0.05) is 19.1 Å². The summed E-state index contributed by atoms with van der Waals surface area (Å²) in [7, 11) is 3.61. The van der Waals surface area contributed by atoms with E-state index in [1.165, 1.54) is 5.56 Å². The summed E-state index contributed by atoms with van der Waals surface area (Å²) in [4.78, 5) is 13.7. The van der Waals surface area contributed by atoms with Crippen molar-refractivity contribution in [1.82, 2.24) is 10.2 Å². The number of ether oxygens (including phenoxy) is 1. The zero-order valence-electron chi connectivity index (χ0n) is 12.3. The van der Waals surface area contributed by atoms with Gasteiger partial charge < -0.3 is 10.1 Å². The van der Waals surface area contributed by atoms with Crippen molar-refractivity contribution in [2.24, 2.45) is 0 Å². The molecule has 1 aromatic rings. The van der Waals surface area contributed by atoms with Crippen molar-refractivity contribution in [3.8, 4) is 5.75 Å². The Morgan fingerprint density at radius 3 is 2.53 bits per heavy atom. The highest BCUT2D eigenvalue weighted by Crippen LogP contribution is 2.21. The molecule has 1 amide bonds. The normalized spacial score (nSPS) is 12.3. The Bertz CT molecular complexity index is 390. The Labute approximate surface area is 115 Å². The van der Waals surface area contributed by atoms with E-state index in [0.29, 0.717) is 6.54 Å². The number of nitrogens with zero attached hydrogens (tertiary/aromatic N) is 1. The van der Waals surface area contributed by atoms with Gasteiger partial charge in [-0.15, -0.1) is 0 Å². The van der Waals surface area contributed by atoms with E-state index >= 15 is 0 Å². The van der Waals surface area contributed by atoms with Crippen LogP contribution in [0.2, 0.25) is 0 Å². The lowest BCUT2D eigenvalue weighted by Gasteiger charge is -2.24. The summed E-state index contributed by atoms with van der Waals surface area (Å²) >= 11 is 0. The number of hydrogen-bond acceptors (Lipinski definition) is 3. The first-order valence-electron chi connectivity index (χ1n) is 6.69. The maximum absolute atomic E-state index is 11.7. The molecule has 4 nitrogen and oxygen atoms in total. The molecule has 0 heterocycles. The number of rotatable bonds is 7. The predicted octanol–water partition coefficient (Wildman–Crippen LogP) is 2.21. The van der Waals surface area contributed by atoms with Gasteiger partial charge in [0.15, 0.2) is 0 Å². The molecule has 0 fully saturated rings. The van der Waals surface area contributed by atoms with Gasteiger partial charge in [-0.2, -0.15) is 0 Å². The molecule has 0 saturated carbocycles. The van der Waals surface area contributed by atoms with E-state index in [1.807, 2.05) is 43.1 Å². The molecule has 19 heavy (non-hydrogen) atoms. The summed E-state index contributed by atoms with van der Waals surface area (Å²) in [6.45, 7) is 5.29. The Hall–Kier alpha value is -1.55.